The quantitative estimate of drug-likeness (QED) is 0.311. The third-order valence-electron chi connectivity index (χ3n) is 4.90. The topological polar surface area (TPSA) is 69.6 Å². The number of rotatable bonds is 18. The highest BCUT2D eigenvalue weighted by Gasteiger charge is 2.18. The molecule has 0 unspecified atom stereocenters. The van der Waals surface area contributed by atoms with Crippen LogP contribution in [0.25, 0.3) is 0 Å². The summed E-state index contributed by atoms with van der Waals surface area (Å²) in [5, 5.41) is 21.9. The fourth-order valence-electron chi connectivity index (χ4n) is 3.33. The number of unbranched alkanes of at least 4 members (excludes halogenated alkanes) is 12. The van der Waals surface area contributed by atoms with Gasteiger partial charge in [-0.15, -0.1) is 0 Å². The van der Waals surface area contributed by atoms with Crippen LogP contribution >= 0.6 is 0 Å². The number of aliphatic hydroxyl groups excluding tert-OH is 2. The summed E-state index contributed by atoms with van der Waals surface area (Å²) >= 11 is 0. The molecule has 0 saturated heterocycles. The maximum Gasteiger partial charge on any atom is 0.217 e. The molecule has 3 N–H and O–H groups in total. The molecule has 0 rings (SSSR count). The summed E-state index contributed by atoms with van der Waals surface area (Å²) in [5.74, 6) is -0.150. The van der Waals surface area contributed by atoms with Gasteiger partial charge in [-0.05, 0) is 12.8 Å². The smallest absolute Gasteiger partial charge is 0.217 e. The molecule has 2 atom stereocenters. The first-order valence-electron chi connectivity index (χ1n) is 10.7. The van der Waals surface area contributed by atoms with Gasteiger partial charge in [0.2, 0.25) is 5.91 Å². The molecule has 0 aromatic heterocycles. The fraction of sp³-hybridized carbons (Fsp3) is 0.952. The molecule has 0 aromatic rings. The van der Waals surface area contributed by atoms with Crippen LogP contribution in [0, 0.1) is 0 Å². The van der Waals surface area contributed by atoms with Gasteiger partial charge in [-0.25, -0.2) is 0 Å². The van der Waals surface area contributed by atoms with Crippen molar-refractivity contribution in [3.8, 4) is 0 Å². The monoisotopic (exact) mass is 357 g/mol. The van der Waals surface area contributed by atoms with E-state index in [-0.39, 0.29) is 18.6 Å². The highest BCUT2D eigenvalue weighted by Crippen LogP contribution is 2.14. The molecule has 0 aliphatic rings. The van der Waals surface area contributed by atoms with Gasteiger partial charge >= 0.3 is 0 Å². The number of carbonyl (C=O) groups excluding carboxylic acids is 1. The normalized spacial score (nSPS) is 13.6. The van der Waals surface area contributed by atoms with E-state index in [0.717, 1.165) is 12.8 Å². The second-order valence-electron chi connectivity index (χ2n) is 7.42. The molecule has 4 nitrogen and oxygen atoms in total. The van der Waals surface area contributed by atoms with Crippen LogP contribution in [-0.2, 0) is 4.79 Å². The predicted octanol–water partition coefficient (Wildman–Crippen LogP) is 4.72. The van der Waals surface area contributed by atoms with Crippen molar-refractivity contribution in [3.05, 3.63) is 0 Å². The first-order valence-corrected chi connectivity index (χ1v) is 10.7. The van der Waals surface area contributed by atoms with E-state index >= 15 is 0 Å². The summed E-state index contributed by atoms with van der Waals surface area (Å²) in [6, 6.07) is -0.320. The van der Waals surface area contributed by atoms with Crippen LogP contribution in [0.1, 0.15) is 110 Å². The first kappa shape index (κ1) is 24.4. The Morgan fingerprint density at radius 3 is 1.64 bits per heavy atom. The van der Waals surface area contributed by atoms with Gasteiger partial charge in [0.25, 0.3) is 0 Å². The lowest BCUT2D eigenvalue weighted by atomic mass is 10.00. The predicted molar refractivity (Wildman–Crippen MR) is 106 cm³/mol. The van der Waals surface area contributed by atoms with Gasteiger partial charge < -0.3 is 15.5 Å². The summed E-state index contributed by atoms with van der Waals surface area (Å²) in [5.41, 5.74) is 0. The molecule has 0 aliphatic carbocycles. The molecular formula is C21H43NO3. The Balaban J connectivity index is 3.43. The minimum Gasteiger partial charge on any atom is -0.396 e. The van der Waals surface area contributed by atoms with Crippen molar-refractivity contribution < 1.29 is 15.0 Å². The highest BCUT2D eigenvalue weighted by molar-refractivity contribution is 5.73. The largest absolute Gasteiger partial charge is 0.396 e. The van der Waals surface area contributed by atoms with E-state index in [1.165, 1.54) is 77.6 Å². The Bertz CT molecular complexity index is 297. The van der Waals surface area contributed by atoms with Crippen molar-refractivity contribution in [2.75, 3.05) is 6.61 Å². The lowest BCUT2D eigenvalue weighted by Gasteiger charge is -2.22. The van der Waals surface area contributed by atoms with E-state index in [1.807, 2.05) is 0 Å². The summed E-state index contributed by atoms with van der Waals surface area (Å²) < 4.78 is 0. The number of carbonyl (C=O) groups is 1. The summed E-state index contributed by atoms with van der Waals surface area (Å²) in [4.78, 5) is 11.1. The summed E-state index contributed by atoms with van der Waals surface area (Å²) in [7, 11) is 0. The number of nitrogens with one attached hydrogen (secondary N) is 1. The third-order valence-corrected chi connectivity index (χ3v) is 4.90. The van der Waals surface area contributed by atoms with Crippen molar-refractivity contribution in [2.24, 2.45) is 0 Å². The van der Waals surface area contributed by atoms with Gasteiger partial charge in [0, 0.05) is 13.5 Å². The molecule has 0 bridgehead atoms. The lowest BCUT2D eigenvalue weighted by Crippen LogP contribution is -2.43. The Morgan fingerprint density at radius 2 is 1.24 bits per heavy atom. The summed E-state index contributed by atoms with van der Waals surface area (Å²) in [6.45, 7) is 3.69. The Labute approximate surface area is 155 Å². The van der Waals surface area contributed by atoms with Crippen LogP contribution < -0.4 is 5.32 Å². The standard InChI is InChI=1S/C21H43NO3/c1-3-4-5-6-7-8-9-10-11-12-13-14-15-16-21(25)20(17-18-23)22-19(2)24/h20-21,23,25H,3-18H2,1-2H3,(H,22,24)/t20-,21+/m0/s1. The van der Waals surface area contributed by atoms with Gasteiger partial charge in [0.05, 0.1) is 12.1 Å². The molecule has 0 radical (unpaired) electrons. The highest BCUT2D eigenvalue weighted by atomic mass is 16.3. The summed E-state index contributed by atoms with van der Waals surface area (Å²) in [6.07, 6.45) is 17.6. The Kier molecular flexibility index (Phi) is 17.7. The molecule has 0 aliphatic heterocycles. The zero-order chi connectivity index (χ0) is 18.8. The SMILES string of the molecule is CCCCCCCCCCCCCCC[C@@H](O)[C@H](CCO)NC(C)=O. The molecule has 0 saturated carbocycles. The second kappa shape index (κ2) is 18.2. The van der Waals surface area contributed by atoms with Crippen LogP contribution in [-0.4, -0.2) is 34.9 Å². The number of aliphatic hydroxyl groups is 2. The molecule has 150 valence electrons. The van der Waals surface area contributed by atoms with Crippen molar-refractivity contribution in [2.45, 2.75) is 122 Å². The maximum atomic E-state index is 11.1. The van der Waals surface area contributed by atoms with E-state index in [4.69, 9.17) is 5.11 Å². The zero-order valence-corrected chi connectivity index (χ0v) is 16.8. The van der Waals surface area contributed by atoms with Crippen LogP contribution in [0.15, 0.2) is 0 Å². The molecule has 0 spiro atoms. The Morgan fingerprint density at radius 1 is 0.800 bits per heavy atom. The second-order valence-corrected chi connectivity index (χ2v) is 7.42. The van der Waals surface area contributed by atoms with Crippen LogP contribution in [0.2, 0.25) is 0 Å². The van der Waals surface area contributed by atoms with E-state index in [1.54, 1.807) is 0 Å². The van der Waals surface area contributed by atoms with E-state index in [0.29, 0.717) is 12.8 Å². The first-order chi connectivity index (χ1) is 12.1. The maximum absolute atomic E-state index is 11.1. The molecule has 0 fully saturated rings. The van der Waals surface area contributed by atoms with Gasteiger partial charge in [-0.1, -0.05) is 90.4 Å². The number of hydrogen-bond donors (Lipinski definition) is 3. The van der Waals surface area contributed by atoms with Gasteiger partial charge in [0.1, 0.15) is 0 Å². The van der Waals surface area contributed by atoms with Gasteiger partial charge in [0.15, 0.2) is 0 Å². The van der Waals surface area contributed by atoms with Crippen molar-refractivity contribution in [3.63, 3.8) is 0 Å². The molecule has 0 aromatic carbocycles. The van der Waals surface area contributed by atoms with E-state index < -0.39 is 6.10 Å². The van der Waals surface area contributed by atoms with Crippen molar-refractivity contribution in [1.82, 2.24) is 5.32 Å². The average molecular weight is 358 g/mol. The zero-order valence-electron chi connectivity index (χ0n) is 16.8. The third kappa shape index (κ3) is 16.6. The molecular weight excluding hydrogens is 314 g/mol. The van der Waals surface area contributed by atoms with Crippen molar-refractivity contribution in [1.29, 1.82) is 0 Å². The number of hydrogen-bond acceptors (Lipinski definition) is 3. The van der Waals surface area contributed by atoms with E-state index in [2.05, 4.69) is 12.2 Å². The van der Waals surface area contributed by atoms with Gasteiger partial charge in [-0.3, -0.25) is 4.79 Å². The number of amides is 1. The van der Waals surface area contributed by atoms with Crippen LogP contribution in [0.4, 0.5) is 0 Å². The van der Waals surface area contributed by atoms with Crippen LogP contribution in [0.3, 0.4) is 0 Å². The lowest BCUT2D eigenvalue weighted by molar-refractivity contribution is -0.120. The molecule has 0 heterocycles. The Hall–Kier alpha value is -0.610. The minimum atomic E-state index is -0.552. The van der Waals surface area contributed by atoms with E-state index in [9.17, 15) is 9.90 Å². The molecule has 4 heteroatoms. The van der Waals surface area contributed by atoms with Crippen molar-refractivity contribution >= 4 is 5.91 Å². The molecule has 1 amide bonds. The minimum absolute atomic E-state index is 0.0133. The average Bonchev–Trinajstić information content (AvgIpc) is 2.58. The van der Waals surface area contributed by atoms with Gasteiger partial charge in [-0.2, -0.15) is 0 Å². The fourth-order valence-corrected chi connectivity index (χ4v) is 3.33. The molecule has 25 heavy (non-hydrogen) atoms. The van der Waals surface area contributed by atoms with Crippen LogP contribution in [0.5, 0.6) is 0 Å².